The maximum absolute atomic E-state index is 12.7. The van der Waals surface area contributed by atoms with Crippen molar-refractivity contribution in [3.63, 3.8) is 0 Å². The number of carbonyl (C=O) groups excluding carboxylic acids is 1. The van der Waals surface area contributed by atoms with Gasteiger partial charge in [0.05, 0.1) is 24.9 Å². The van der Waals surface area contributed by atoms with E-state index in [9.17, 15) is 9.59 Å². The lowest BCUT2D eigenvalue weighted by atomic mass is 10.0. The van der Waals surface area contributed by atoms with Gasteiger partial charge in [0.2, 0.25) is 5.91 Å². The maximum Gasteiger partial charge on any atom is 0.253 e. The smallest absolute Gasteiger partial charge is 0.253 e. The van der Waals surface area contributed by atoms with Crippen molar-refractivity contribution in [2.45, 2.75) is 32.7 Å². The number of carbonyl (C=O) groups is 1. The lowest BCUT2D eigenvalue weighted by Crippen LogP contribution is -2.43. The molecule has 0 aromatic carbocycles. The zero-order valence-electron chi connectivity index (χ0n) is 18.2. The van der Waals surface area contributed by atoms with E-state index in [0.717, 1.165) is 35.4 Å². The highest BCUT2D eigenvalue weighted by atomic mass is 32.1. The number of fused-ring (bicyclic) bond motifs is 1. The highest BCUT2D eigenvalue weighted by Crippen LogP contribution is 2.25. The van der Waals surface area contributed by atoms with Gasteiger partial charge in [-0.05, 0) is 37.3 Å². The molecule has 2 N–H and O–H groups in total. The van der Waals surface area contributed by atoms with E-state index in [0.29, 0.717) is 31.7 Å². The van der Waals surface area contributed by atoms with Gasteiger partial charge in [-0.1, -0.05) is 6.07 Å². The van der Waals surface area contributed by atoms with Crippen LogP contribution in [-0.4, -0.2) is 58.4 Å². The second-order valence-electron chi connectivity index (χ2n) is 7.97. The third-order valence-electron chi connectivity index (χ3n) is 6.01. The molecule has 1 fully saturated rings. The molecule has 1 atom stereocenters. The van der Waals surface area contributed by atoms with Gasteiger partial charge in [-0.25, -0.2) is 0 Å². The van der Waals surface area contributed by atoms with Crippen molar-refractivity contribution in [2.24, 2.45) is 7.05 Å². The number of nitrogens with one attached hydrogen (secondary N) is 2. The summed E-state index contributed by atoms with van der Waals surface area (Å²) in [6, 6.07) is 4.30. The quantitative estimate of drug-likeness (QED) is 0.583. The normalized spacial score (nSPS) is 16.0. The second-order valence-corrected chi connectivity index (χ2v) is 8.95. The van der Waals surface area contributed by atoms with Crippen LogP contribution in [0.2, 0.25) is 0 Å². The number of H-pyrrole nitrogens is 1. The van der Waals surface area contributed by atoms with Crippen LogP contribution in [0.25, 0.3) is 11.0 Å². The number of pyridine rings is 1. The average Bonchev–Trinajstić information content (AvgIpc) is 3.37. The Kier molecular flexibility index (Phi) is 6.54. The summed E-state index contributed by atoms with van der Waals surface area (Å²) in [5, 5.41) is 10.5. The predicted molar refractivity (Wildman–Crippen MR) is 122 cm³/mol. The summed E-state index contributed by atoms with van der Waals surface area (Å²) in [6.07, 6.45) is 0.674. The molecular weight excluding hydrogens is 414 g/mol. The van der Waals surface area contributed by atoms with Crippen molar-refractivity contribution in [2.75, 3.05) is 32.8 Å². The highest BCUT2D eigenvalue weighted by Gasteiger charge is 2.24. The molecule has 31 heavy (non-hydrogen) atoms. The number of aromatic amines is 1. The molecule has 1 saturated heterocycles. The summed E-state index contributed by atoms with van der Waals surface area (Å²) < 4.78 is 7.17. The molecule has 1 aliphatic rings. The topological polar surface area (TPSA) is 92.2 Å². The van der Waals surface area contributed by atoms with Crippen LogP contribution < -0.4 is 10.9 Å². The number of hydrogen-bond acceptors (Lipinski definition) is 6. The molecule has 3 aromatic heterocycles. The van der Waals surface area contributed by atoms with Crippen molar-refractivity contribution in [1.82, 2.24) is 25.0 Å². The summed E-state index contributed by atoms with van der Waals surface area (Å²) in [5.74, 6) is -0.0448. The molecular formula is C22H29N5O3S. The average molecular weight is 444 g/mol. The van der Waals surface area contributed by atoms with Gasteiger partial charge in [-0.15, -0.1) is 11.3 Å². The van der Waals surface area contributed by atoms with Crippen molar-refractivity contribution >= 4 is 28.3 Å². The Hall–Kier alpha value is -2.49. The molecule has 8 nitrogen and oxygen atoms in total. The first-order valence-corrected chi connectivity index (χ1v) is 11.5. The van der Waals surface area contributed by atoms with Crippen LogP contribution in [-0.2, 0) is 23.0 Å². The van der Waals surface area contributed by atoms with Crippen LogP contribution >= 0.6 is 11.3 Å². The summed E-state index contributed by atoms with van der Waals surface area (Å²) in [4.78, 5) is 31.8. The van der Waals surface area contributed by atoms with E-state index in [1.54, 1.807) is 16.0 Å². The van der Waals surface area contributed by atoms with E-state index in [-0.39, 0.29) is 23.9 Å². The molecule has 4 heterocycles. The molecule has 166 valence electrons. The van der Waals surface area contributed by atoms with E-state index < -0.39 is 0 Å². The number of thiophene rings is 1. The molecule has 4 rings (SSSR count). The molecule has 0 saturated carbocycles. The molecule has 0 bridgehead atoms. The van der Waals surface area contributed by atoms with Crippen LogP contribution in [0, 0.1) is 13.8 Å². The SMILES string of the molecule is Cc1nn(C)c2[nH]c(=O)c(CCC(=O)NCC(c3cccs3)N3CCOCC3)c(C)c12. The predicted octanol–water partition coefficient (Wildman–Crippen LogP) is 2.06. The number of rotatable bonds is 7. The molecule has 0 spiro atoms. The minimum Gasteiger partial charge on any atom is -0.379 e. The number of ether oxygens (including phenoxy) is 1. The van der Waals surface area contributed by atoms with Gasteiger partial charge in [0.25, 0.3) is 5.56 Å². The van der Waals surface area contributed by atoms with Gasteiger partial charge in [0.15, 0.2) is 0 Å². The van der Waals surface area contributed by atoms with Crippen molar-refractivity contribution < 1.29 is 9.53 Å². The first-order chi connectivity index (χ1) is 15.0. The van der Waals surface area contributed by atoms with E-state index in [2.05, 4.69) is 31.7 Å². The van der Waals surface area contributed by atoms with Gasteiger partial charge >= 0.3 is 0 Å². The van der Waals surface area contributed by atoms with Crippen LogP contribution in [0.1, 0.15) is 34.2 Å². The minimum absolute atomic E-state index is 0.0448. The molecule has 9 heteroatoms. The Labute approximate surface area is 185 Å². The number of aromatic nitrogens is 3. The maximum atomic E-state index is 12.7. The first kappa shape index (κ1) is 21.7. The highest BCUT2D eigenvalue weighted by molar-refractivity contribution is 7.10. The molecule has 0 aliphatic carbocycles. The summed E-state index contributed by atoms with van der Waals surface area (Å²) in [6.45, 7) is 7.57. The number of hydrogen-bond donors (Lipinski definition) is 2. The van der Waals surface area contributed by atoms with E-state index >= 15 is 0 Å². The van der Waals surface area contributed by atoms with Gasteiger partial charge in [-0.3, -0.25) is 19.2 Å². The molecule has 0 radical (unpaired) electrons. The number of amides is 1. The third-order valence-corrected chi connectivity index (χ3v) is 6.98. The van der Waals surface area contributed by atoms with Crippen molar-refractivity contribution in [3.05, 3.63) is 49.6 Å². The Morgan fingerprint density at radius 3 is 2.84 bits per heavy atom. The van der Waals surface area contributed by atoms with Crippen LogP contribution in [0.4, 0.5) is 0 Å². The monoisotopic (exact) mass is 443 g/mol. The lowest BCUT2D eigenvalue weighted by molar-refractivity contribution is -0.121. The first-order valence-electron chi connectivity index (χ1n) is 10.6. The number of morpholine rings is 1. The standard InChI is InChI=1S/C22H29N5O3S/c1-14-16(22(29)24-21-20(14)15(2)25-26(21)3)6-7-19(28)23-13-17(18-5-4-12-31-18)27-8-10-30-11-9-27/h4-5,12,17H,6-11,13H2,1-3H3,(H,23,28)(H,24,29). The lowest BCUT2D eigenvalue weighted by Gasteiger charge is -2.34. The zero-order valence-corrected chi connectivity index (χ0v) is 19.1. The number of nitrogens with zero attached hydrogens (tertiary/aromatic N) is 3. The van der Waals surface area contributed by atoms with E-state index in [1.807, 2.05) is 27.0 Å². The molecule has 1 aliphatic heterocycles. The third kappa shape index (κ3) is 4.58. The van der Waals surface area contributed by atoms with E-state index in [4.69, 9.17) is 4.74 Å². The molecule has 1 unspecified atom stereocenters. The largest absolute Gasteiger partial charge is 0.379 e. The van der Waals surface area contributed by atoms with Crippen molar-refractivity contribution in [1.29, 1.82) is 0 Å². The Bertz CT molecular complexity index is 1110. The van der Waals surface area contributed by atoms with Crippen LogP contribution in [0.3, 0.4) is 0 Å². The van der Waals surface area contributed by atoms with Crippen LogP contribution in [0.5, 0.6) is 0 Å². The fraction of sp³-hybridized carbons (Fsp3) is 0.500. The van der Waals surface area contributed by atoms with E-state index in [1.165, 1.54) is 4.88 Å². The fourth-order valence-electron chi connectivity index (χ4n) is 4.37. The van der Waals surface area contributed by atoms with Crippen molar-refractivity contribution in [3.8, 4) is 0 Å². The molecule has 1 amide bonds. The van der Waals surface area contributed by atoms with Gasteiger partial charge in [0.1, 0.15) is 5.65 Å². The minimum atomic E-state index is -0.148. The number of aryl methyl sites for hydroxylation is 3. The van der Waals surface area contributed by atoms with Gasteiger partial charge < -0.3 is 15.0 Å². The van der Waals surface area contributed by atoms with Crippen LogP contribution in [0.15, 0.2) is 22.3 Å². The summed E-state index contributed by atoms with van der Waals surface area (Å²) in [5.41, 5.74) is 3.01. The Balaban J connectivity index is 1.42. The van der Waals surface area contributed by atoms with Gasteiger partial charge in [-0.2, -0.15) is 5.10 Å². The Morgan fingerprint density at radius 2 is 2.13 bits per heavy atom. The molecule has 3 aromatic rings. The summed E-state index contributed by atoms with van der Waals surface area (Å²) in [7, 11) is 1.82. The second kappa shape index (κ2) is 9.33. The Morgan fingerprint density at radius 1 is 1.35 bits per heavy atom. The van der Waals surface area contributed by atoms with Gasteiger partial charge in [0, 0.05) is 48.9 Å². The zero-order chi connectivity index (χ0) is 22.0. The summed E-state index contributed by atoms with van der Waals surface area (Å²) >= 11 is 1.71. The fourth-order valence-corrected chi connectivity index (χ4v) is 5.23.